The Labute approximate surface area is 217 Å². The number of hydrogen-bond acceptors (Lipinski definition) is 5. The first-order valence-corrected chi connectivity index (χ1v) is 14.4. The van der Waals surface area contributed by atoms with E-state index < -0.39 is 10.0 Å². The smallest absolute Gasteiger partial charge is 0.243 e. The second-order valence-corrected chi connectivity index (χ2v) is 11.9. The fourth-order valence-corrected chi connectivity index (χ4v) is 6.81. The lowest BCUT2D eigenvalue weighted by molar-refractivity contribution is -0.125. The number of carbonyl (C=O) groups is 1. The second kappa shape index (κ2) is 10.7. The molecule has 0 spiro atoms. The predicted molar refractivity (Wildman–Crippen MR) is 143 cm³/mol. The number of aromatic nitrogens is 1. The van der Waals surface area contributed by atoms with Crippen molar-refractivity contribution in [2.24, 2.45) is 5.92 Å². The molecule has 3 heterocycles. The summed E-state index contributed by atoms with van der Waals surface area (Å²) in [5, 5.41) is 4.47. The van der Waals surface area contributed by atoms with Crippen molar-refractivity contribution in [2.45, 2.75) is 43.5 Å². The van der Waals surface area contributed by atoms with Crippen LogP contribution in [0.1, 0.15) is 37.7 Å². The van der Waals surface area contributed by atoms with Gasteiger partial charge >= 0.3 is 0 Å². The van der Waals surface area contributed by atoms with Gasteiger partial charge in [0, 0.05) is 43.1 Å². The van der Waals surface area contributed by atoms with E-state index in [0.717, 1.165) is 60.9 Å². The summed E-state index contributed by atoms with van der Waals surface area (Å²) in [4.78, 5) is 20.1. The molecule has 190 valence electrons. The third-order valence-electron chi connectivity index (χ3n) is 7.13. The molecule has 2 aliphatic rings. The van der Waals surface area contributed by atoms with E-state index in [-0.39, 0.29) is 11.8 Å². The first-order valence-electron chi connectivity index (χ1n) is 12.6. The lowest BCUT2D eigenvalue weighted by atomic mass is 9.97. The van der Waals surface area contributed by atoms with Gasteiger partial charge in [0.2, 0.25) is 15.9 Å². The van der Waals surface area contributed by atoms with E-state index in [1.807, 2.05) is 36.4 Å². The summed E-state index contributed by atoms with van der Waals surface area (Å²) in [5.74, 6) is 0.696. The number of fused-ring (bicyclic) bond motifs is 1. The van der Waals surface area contributed by atoms with Crippen molar-refractivity contribution >= 4 is 44.3 Å². The number of pyridine rings is 1. The fraction of sp³-hybridized carbons (Fsp3) is 0.407. The van der Waals surface area contributed by atoms with Gasteiger partial charge in [-0.1, -0.05) is 36.2 Å². The summed E-state index contributed by atoms with van der Waals surface area (Å²) in [7, 11) is -3.49. The number of benzene rings is 2. The van der Waals surface area contributed by atoms with E-state index in [4.69, 9.17) is 16.6 Å². The Balaban J connectivity index is 1.27. The molecule has 36 heavy (non-hydrogen) atoms. The average Bonchev–Trinajstić information content (AvgIpc) is 2.92. The van der Waals surface area contributed by atoms with Crippen LogP contribution in [-0.4, -0.2) is 49.8 Å². The van der Waals surface area contributed by atoms with Crippen molar-refractivity contribution in [3.05, 3.63) is 65.2 Å². The molecule has 5 rings (SSSR count). The Kier molecular flexibility index (Phi) is 7.46. The van der Waals surface area contributed by atoms with Gasteiger partial charge in [-0.3, -0.25) is 4.79 Å². The van der Waals surface area contributed by atoms with Gasteiger partial charge in [-0.15, -0.1) is 0 Å². The summed E-state index contributed by atoms with van der Waals surface area (Å²) >= 11 is 6.21. The summed E-state index contributed by atoms with van der Waals surface area (Å²) in [6.07, 6.45) is 4.63. The number of nitrogens with zero attached hydrogens (tertiary/aromatic N) is 3. The van der Waals surface area contributed by atoms with E-state index in [1.165, 1.54) is 0 Å². The molecule has 2 saturated heterocycles. The Morgan fingerprint density at radius 3 is 2.61 bits per heavy atom. The molecule has 1 amide bonds. The minimum atomic E-state index is -3.49. The molecule has 1 aromatic heterocycles. The topological polar surface area (TPSA) is 82.6 Å². The van der Waals surface area contributed by atoms with Gasteiger partial charge in [-0.2, -0.15) is 4.31 Å². The van der Waals surface area contributed by atoms with Gasteiger partial charge < -0.3 is 10.2 Å². The summed E-state index contributed by atoms with van der Waals surface area (Å²) in [6.45, 7) is 2.99. The molecule has 0 bridgehead atoms. The molecule has 0 aliphatic carbocycles. The Bertz CT molecular complexity index is 1360. The van der Waals surface area contributed by atoms with E-state index in [9.17, 15) is 13.2 Å². The van der Waals surface area contributed by atoms with Crippen molar-refractivity contribution in [2.75, 3.05) is 31.1 Å². The third-order valence-corrected chi connectivity index (χ3v) is 9.39. The van der Waals surface area contributed by atoms with Crippen molar-refractivity contribution < 1.29 is 13.2 Å². The maximum Gasteiger partial charge on any atom is 0.243 e. The molecular weight excluding hydrogens is 496 g/mol. The van der Waals surface area contributed by atoms with E-state index in [2.05, 4.69) is 10.2 Å². The first-order chi connectivity index (χ1) is 17.4. The number of piperidine rings is 2. The number of amides is 1. The molecule has 2 aromatic carbocycles. The van der Waals surface area contributed by atoms with Crippen LogP contribution in [0.3, 0.4) is 0 Å². The summed E-state index contributed by atoms with van der Waals surface area (Å²) in [5.41, 5.74) is 1.65. The van der Waals surface area contributed by atoms with Gasteiger partial charge in [-0.25, -0.2) is 13.4 Å². The van der Waals surface area contributed by atoms with Gasteiger partial charge in [0.25, 0.3) is 0 Å². The first kappa shape index (κ1) is 25.0. The lowest BCUT2D eigenvalue weighted by Gasteiger charge is -2.33. The Morgan fingerprint density at radius 1 is 1.00 bits per heavy atom. The number of carbonyl (C=O) groups excluding carboxylic acids is 1. The highest BCUT2D eigenvalue weighted by atomic mass is 35.5. The highest BCUT2D eigenvalue weighted by molar-refractivity contribution is 7.89. The molecule has 1 atom stereocenters. The quantitative estimate of drug-likeness (QED) is 0.507. The monoisotopic (exact) mass is 526 g/mol. The number of hydrogen-bond donors (Lipinski definition) is 1. The van der Waals surface area contributed by atoms with E-state index >= 15 is 0 Å². The van der Waals surface area contributed by atoms with Crippen molar-refractivity contribution in [3.63, 3.8) is 0 Å². The lowest BCUT2D eigenvalue weighted by Crippen LogP contribution is -2.43. The number of sulfonamides is 1. The zero-order valence-corrected chi connectivity index (χ0v) is 21.8. The zero-order chi connectivity index (χ0) is 25.1. The van der Waals surface area contributed by atoms with E-state index in [0.29, 0.717) is 36.1 Å². The minimum Gasteiger partial charge on any atom is -0.356 e. The standard InChI is InChI=1S/C27H31ClN4O3S/c28-24-9-3-2-7-21(24)18-29-27(33)22-8-6-14-31(19-22)26-13-10-20-17-23(11-12-25(20)30-26)36(34,35)32-15-4-1-5-16-32/h2-3,7,9-13,17,22H,1,4-6,8,14-16,18-19H2,(H,29,33)/t22-/m1/s1. The van der Waals surface area contributed by atoms with Crippen LogP contribution in [0.5, 0.6) is 0 Å². The van der Waals surface area contributed by atoms with E-state index in [1.54, 1.807) is 22.5 Å². The van der Waals surface area contributed by atoms with Crippen molar-refractivity contribution in [1.29, 1.82) is 0 Å². The summed E-state index contributed by atoms with van der Waals surface area (Å²) in [6, 6.07) is 16.5. The summed E-state index contributed by atoms with van der Waals surface area (Å²) < 4.78 is 27.7. The molecular formula is C27H31ClN4O3S. The number of anilines is 1. The molecule has 9 heteroatoms. The molecule has 0 radical (unpaired) electrons. The van der Waals surface area contributed by atoms with Crippen molar-refractivity contribution in [3.8, 4) is 0 Å². The van der Waals surface area contributed by atoms with Crippen molar-refractivity contribution in [1.82, 2.24) is 14.6 Å². The SMILES string of the molecule is O=C(NCc1ccccc1Cl)[C@@H]1CCCN(c2ccc3cc(S(=O)(=O)N4CCCCC4)ccc3n2)C1. The third kappa shape index (κ3) is 5.36. The predicted octanol–water partition coefficient (Wildman–Crippen LogP) is 4.60. The highest BCUT2D eigenvalue weighted by Gasteiger charge is 2.28. The van der Waals surface area contributed by atoms with Gasteiger partial charge in [0.05, 0.1) is 16.3 Å². The maximum absolute atomic E-state index is 13.1. The molecule has 1 N–H and O–H groups in total. The minimum absolute atomic E-state index is 0.0213. The molecule has 3 aromatic rings. The van der Waals surface area contributed by atoms with Crippen LogP contribution in [0.15, 0.2) is 59.5 Å². The average molecular weight is 527 g/mol. The number of nitrogens with one attached hydrogen (secondary N) is 1. The molecule has 0 unspecified atom stereocenters. The Morgan fingerprint density at radius 2 is 1.81 bits per heavy atom. The largest absolute Gasteiger partial charge is 0.356 e. The van der Waals surface area contributed by atoms with Crippen LogP contribution in [0.4, 0.5) is 5.82 Å². The number of rotatable bonds is 6. The molecule has 2 fully saturated rings. The van der Waals surface area contributed by atoms with Crippen LogP contribution < -0.4 is 10.2 Å². The van der Waals surface area contributed by atoms with Crippen LogP contribution in [0, 0.1) is 5.92 Å². The van der Waals surface area contributed by atoms with Gasteiger partial charge in [0.15, 0.2) is 0 Å². The second-order valence-electron chi connectivity index (χ2n) is 9.58. The normalized spacial score (nSPS) is 19.4. The van der Waals surface area contributed by atoms with Gasteiger partial charge in [-0.05, 0) is 67.6 Å². The zero-order valence-electron chi connectivity index (χ0n) is 20.2. The Hall–Kier alpha value is -2.68. The fourth-order valence-electron chi connectivity index (χ4n) is 5.05. The van der Waals surface area contributed by atoms with Crippen LogP contribution >= 0.6 is 11.6 Å². The van der Waals surface area contributed by atoms with Crippen LogP contribution in [0.2, 0.25) is 5.02 Å². The van der Waals surface area contributed by atoms with Gasteiger partial charge in [0.1, 0.15) is 5.82 Å². The maximum atomic E-state index is 13.1. The highest BCUT2D eigenvalue weighted by Crippen LogP contribution is 2.27. The van der Waals surface area contributed by atoms with Crippen LogP contribution in [0.25, 0.3) is 10.9 Å². The number of halogens is 1. The molecule has 0 saturated carbocycles. The molecule has 2 aliphatic heterocycles. The molecule has 7 nitrogen and oxygen atoms in total. The van der Waals surface area contributed by atoms with Crippen LogP contribution in [-0.2, 0) is 21.4 Å².